The molecule has 0 atom stereocenters. The number of benzene rings is 1. The molecule has 0 aliphatic carbocycles. The van der Waals surface area contributed by atoms with Gasteiger partial charge in [0.05, 0.1) is 5.69 Å². The molecule has 0 saturated heterocycles. The summed E-state index contributed by atoms with van der Waals surface area (Å²) < 4.78 is 3.35. The molecule has 3 aromatic rings. The molecule has 0 aliphatic rings. The highest BCUT2D eigenvalue weighted by Crippen LogP contribution is 2.32. The van der Waals surface area contributed by atoms with E-state index in [4.69, 9.17) is 5.73 Å². The summed E-state index contributed by atoms with van der Waals surface area (Å²) in [6, 6.07) is 8.21. The first-order valence-electron chi connectivity index (χ1n) is 6.92. The van der Waals surface area contributed by atoms with E-state index in [1.807, 2.05) is 6.07 Å². The number of hydrogen-bond acceptors (Lipinski definition) is 3. The summed E-state index contributed by atoms with van der Waals surface area (Å²) >= 11 is 3.55. The van der Waals surface area contributed by atoms with Gasteiger partial charge in [-0.15, -0.1) is 0 Å². The Morgan fingerprint density at radius 2 is 2.10 bits per heavy atom. The minimum atomic E-state index is 0.300. The van der Waals surface area contributed by atoms with Crippen LogP contribution in [0.5, 0.6) is 0 Å². The Hall–Kier alpha value is -1.88. The molecule has 21 heavy (non-hydrogen) atoms. The third-order valence-electron chi connectivity index (χ3n) is 3.36. The molecule has 2 heterocycles. The Labute approximate surface area is 132 Å². The van der Waals surface area contributed by atoms with Crippen LogP contribution in [0.3, 0.4) is 0 Å². The average Bonchev–Trinajstić information content (AvgIpc) is 2.76. The Morgan fingerprint density at radius 3 is 2.81 bits per heavy atom. The van der Waals surface area contributed by atoms with Gasteiger partial charge in [-0.3, -0.25) is 0 Å². The zero-order valence-corrected chi connectivity index (χ0v) is 13.6. The molecule has 0 unspecified atom stereocenters. The molecule has 5 heteroatoms. The number of nitrogens with zero attached hydrogens (tertiary/aromatic N) is 3. The largest absolute Gasteiger partial charge is 0.368 e. The van der Waals surface area contributed by atoms with E-state index in [9.17, 15) is 0 Å². The van der Waals surface area contributed by atoms with Crippen molar-refractivity contribution in [3.63, 3.8) is 0 Å². The normalized spacial score (nSPS) is 11.4. The van der Waals surface area contributed by atoms with Gasteiger partial charge in [0.25, 0.3) is 0 Å². The molecule has 0 amide bonds. The summed E-state index contributed by atoms with van der Waals surface area (Å²) in [5, 5.41) is 1.18. The number of nitrogens with two attached hydrogens (primary N) is 1. The lowest BCUT2D eigenvalue weighted by atomic mass is 10.1. The van der Waals surface area contributed by atoms with Crippen LogP contribution < -0.4 is 5.73 Å². The molecule has 2 N–H and O–H groups in total. The maximum absolute atomic E-state index is 5.72. The maximum Gasteiger partial charge on any atom is 0.220 e. The number of anilines is 1. The van der Waals surface area contributed by atoms with E-state index >= 15 is 0 Å². The Bertz CT molecular complexity index is 792. The van der Waals surface area contributed by atoms with E-state index in [0.717, 1.165) is 22.3 Å². The molecule has 0 bridgehead atoms. The molecule has 0 spiro atoms. The van der Waals surface area contributed by atoms with E-state index in [2.05, 4.69) is 68.7 Å². The van der Waals surface area contributed by atoms with Gasteiger partial charge >= 0.3 is 0 Å². The van der Waals surface area contributed by atoms with E-state index in [1.54, 1.807) is 6.20 Å². The van der Waals surface area contributed by atoms with Crippen LogP contribution >= 0.6 is 15.9 Å². The molecule has 3 rings (SSSR count). The third-order valence-corrected chi connectivity index (χ3v) is 3.85. The minimum absolute atomic E-state index is 0.300. The lowest BCUT2D eigenvalue weighted by molar-refractivity contribution is 0.535. The molecule has 1 aromatic carbocycles. The molecule has 108 valence electrons. The molecule has 4 nitrogen and oxygen atoms in total. The predicted octanol–water partition coefficient (Wildman–Crippen LogP) is 4.10. The van der Waals surface area contributed by atoms with Crippen molar-refractivity contribution in [2.75, 3.05) is 5.73 Å². The minimum Gasteiger partial charge on any atom is -0.368 e. The van der Waals surface area contributed by atoms with Gasteiger partial charge in [-0.05, 0) is 24.1 Å². The zero-order valence-electron chi connectivity index (χ0n) is 12.0. The van der Waals surface area contributed by atoms with Gasteiger partial charge in [0, 0.05) is 39.9 Å². The van der Waals surface area contributed by atoms with E-state index in [0.29, 0.717) is 11.9 Å². The van der Waals surface area contributed by atoms with Gasteiger partial charge < -0.3 is 10.3 Å². The van der Waals surface area contributed by atoms with Crippen LogP contribution in [0.15, 0.2) is 41.1 Å². The summed E-state index contributed by atoms with van der Waals surface area (Å²) in [4.78, 5) is 8.32. The van der Waals surface area contributed by atoms with Crippen molar-refractivity contribution >= 4 is 32.8 Å². The number of rotatable bonds is 3. The van der Waals surface area contributed by atoms with Crippen LogP contribution in [-0.4, -0.2) is 14.5 Å². The van der Waals surface area contributed by atoms with Gasteiger partial charge in [0.2, 0.25) is 5.95 Å². The summed E-state index contributed by atoms with van der Waals surface area (Å²) in [6.07, 6.45) is 3.85. The fraction of sp³-hybridized carbons (Fsp3) is 0.250. The Kier molecular flexibility index (Phi) is 3.68. The second kappa shape index (κ2) is 5.48. The fourth-order valence-electron chi connectivity index (χ4n) is 2.54. The Balaban J connectivity index is 2.23. The van der Waals surface area contributed by atoms with E-state index in [-0.39, 0.29) is 0 Å². The monoisotopic (exact) mass is 344 g/mol. The Morgan fingerprint density at radius 1 is 1.29 bits per heavy atom. The van der Waals surface area contributed by atoms with Crippen molar-refractivity contribution in [3.8, 4) is 11.3 Å². The molecule has 2 aromatic heterocycles. The van der Waals surface area contributed by atoms with Gasteiger partial charge in [-0.1, -0.05) is 35.8 Å². The van der Waals surface area contributed by atoms with Gasteiger partial charge in [-0.2, -0.15) is 0 Å². The van der Waals surface area contributed by atoms with E-state index in [1.165, 1.54) is 10.9 Å². The first kappa shape index (κ1) is 14.1. The quantitative estimate of drug-likeness (QED) is 0.778. The lowest BCUT2D eigenvalue weighted by Gasteiger charge is -2.08. The predicted molar refractivity (Wildman–Crippen MR) is 89.9 cm³/mol. The summed E-state index contributed by atoms with van der Waals surface area (Å²) in [5.41, 5.74) is 8.86. The van der Waals surface area contributed by atoms with Crippen molar-refractivity contribution in [2.24, 2.45) is 5.92 Å². The number of halogens is 1. The number of nitrogen functional groups attached to an aromatic ring is 1. The highest BCUT2D eigenvalue weighted by Gasteiger charge is 2.13. The van der Waals surface area contributed by atoms with Crippen LogP contribution in [0.25, 0.3) is 22.2 Å². The summed E-state index contributed by atoms with van der Waals surface area (Å²) in [7, 11) is 0. The molecule has 0 radical (unpaired) electrons. The van der Waals surface area contributed by atoms with Gasteiger partial charge in [0.15, 0.2) is 0 Å². The fourth-order valence-corrected chi connectivity index (χ4v) is 2.89. The molecular weight excluding hydrogens is 328 g/mol. The molecule has 0 fully saturated rings. The molecule has 0 aliphatic heterocycles. The van der Waals surface area contributed by atoms with Crippen LogP contribution in [-0.2, 0) is 6.54 Å². The SMILES string of the molecule is CC(C)Cn1cc(-c2ccnc(N)n2)c2ccc(Br)cc21. The smallest absolute Gasteiger partial charge is 0.220 e. The van der Waals surface area contributed by atoms with Crippen LogP contribution in [0.4, 0.5) is 5.95 Å². The van der Waals surface area contributed by atoms with E-state index < -0.39 is 0 Å². The summed E-state index contributed by atoms with van der Waals surface area (Å²) in [6.45, 7) is 5.39. The summed E-state index contributed by atoms with van der Waals surface area (Å²) in [5.74, 6) is 0.872. The zero-order chi connectivity index (χ0) is 15.0. The highest BCUT2D eigenvalue weighted by atomic mass is 79.9. The van der Waals surface area contributed by atoms with Crippen molar-refractivity contribution in [3.05, 3.63) is 41.1 Å². The third kappa shape index (κ3) is 2.78. The first-order valence-corrected chi connectivity index (χ1v) is 7.71. The van der Waals surface area contributed by atoms with Crippen molar-refractivity contribution in [1.82, 2.24) is 14.5 Å². The lowest BCUT2D eigenvalue weighted by Crippen LogP contribution is -2.02. The number of aromatic nitrogens is 3. The van der Waals surface area contributed by atoms with Gasteiger partial charge in [0.1, 0.15) is 0 Å². The van der Waals surface area contributed by atoms with Gasteiger partial charge in [-0.25, -0.2) is 9.97 Å². The number of hydrogen-bond donors (Lipinski definition) is 1. The standard InChI is InChI=1S/C16H17BrN4/c1-10(2)8-21-9-13(14-5-6-19-16(18)20-14)12-4-3-11(17)7-15(12)21/h3-7,9-10H,8H2,1-2H3,(H2,18,19,20). The van der Waals surface area contributed by atoms with Crippen molar-refractivity contribution in [2.45, 2.75) is 20.4 Å². The highest BCUT2D eigenvalue weighted by molar-refractivity contribution is 9.10. The second-order valence-corrected chi connectivity index (χ2v) is 6.47. The molecular formula is C16H17BrN4. The van der Waals surface area contributed by atoms with Crippen LogP contribution in [0.1, 0.15) is 13.8 Å². The van der Waals surface area contributed by atoms with Crippen LogP contribution in [0, 0.1) is 5.92 Å². The van der Waals surface area contributed by atoms with Crippen molar-refractivity contribution < 1.29 is 0 Å². The first-order chi connectivity index (χ1) is 10.0. The number of fused-ring (bicyclic) bond motifs is 1. The topological polar surface area (TPSA) is 56.7 Å². The maximum atomic E-state index is 5.72. The van der Waals surface area contributed by atoms with Crippen molar-refractivity contribution in [1.29, 1.82) is 0 Å². The van der Waals surface area contributed by atoms with Crippen LogP contribution in [0.2, 0.25) is 0 Å². The second-order valence-electron chi connectivity index (χ2n) is 5.55. The average molecular weight is 345 g/mol. The molecule has 0 saturated carbocycles.